The van der Waals surface area contributed by atoms with Crippen LogP contribution in [0, 0.1) is 13.8 Å². The van der Waals surface area contributed by atoms with Crippen LogP contribution in [0.15, 0.2) is 18.2 Å². The lowest BCUT2D eigenvalue weighted by Gasteiger charge is -2.34. The average Bonchev–Trinajstić information content (AvgIpc) is 2.43. The second kappa shape index (κ2) is 6.27. The van der Waals surface area contributed by atoms with Gasteiger partial charge in [-0.15, -0.1) is 0 Å². The van der Waals surface area contributed by atoms with Gasteiger partial charge in [-0.1, -0.05) is 12.1 Å². The first kappa shape index (κ1) is 14.9. The van der Waals surface area contributed by atoms with Crippen molar-refractivity contribution in [3.8, 4) is 5.75 Å². The maximum Gasteiger partial charge on any atom is 0.234 e. The Hall–Kier alpha value is -1.55. The van der Waals surface area contributed by atoms with Crippen LogP contribution in [-0.4, -0.2) is 36.0 Å². The summed E-state index contributed by atoms with van der Waals surface area (Å²) in [5.41, 5.74) is 7.73. The average molecular weight is 276 g/mol. The third-order valence-electron chi connectivity index (χ3n) is 4.07. The molecule has 1 aliphatic rings. The molecule has 0 bridgehead atoms. The van der Waals surface area contributed by atoms with Crippen LogP contribution in [0.25, 0.3) is 0 Å². The van der Waals surface area contributed by atoms with Gasteiger partial charge in [0.25, 0.3) is 0 Å². The molecule has 2 rings (SSSR count). The zero-order chi connectivity index (χ0) is 14.7. The fourth-order valence-corrected chi connectivity index (χ4v) is 2.57. The summed E-state index contributed by atoms with van der Waals surface area (Å²) in [7, 11) is 0. The number of ether oxygens (including phenoxy) is 1. The van der Waals surface area contributed by atoms with Crippen molar-refractivity contribution in [2.75, 3.05) is 13.1 Å². The summed E-state index contributed by atoms with van der Waals surface area (Å²) in [4.78, 5) is 13.3. The van der Waals surface area contributed by atoms with E-state index in [9.17, 15) is 4.79 Å². The second-order valence-electron chi connectivity index (χ2n) is 5.70. The summed E-state index contributed by atoms with van der Waals surface area (Å²) in [6, 6.07) is 6.10. The Morgan fingerprint density at radius 3 is 2.60 bits per heavy atom. The predicted octanol–water partition coefficient (Wildman–Crippen LogP) is 2.02. The van der Waals surface area contributed by atoms with Gasteiger partial charge in [0.2, 0.25) is 5.91 Å². The van der Waals surface area contributed by atoms with E-state index < -0.39 is 0 Å². The summed E-state index contributed by atoms with van der Waals surface area (Å²) in [6.07, 6.45) is 2.10. The monoisotopic (exact) mass is 276 g/mol. The zero-order valence-electron chi connectivity index (χ0n) is 12.6. The molecule has 20 heavy (non-hydrogen) atoms. The van der Waals surface area contributed by atoms with E-state index in [-0.39, 0.29) is 18.1 Å². The van der Waals surface area contributed by atoms with Gasteiger partial charge in [-0.05, 0) is 50.8 Å². The molecule has 1 aromatic carbocycles. The highest BCUT2D eigenvalue weighted by molar-refractivity contribution is 5.79. The topological polar surface area (TPSA) is 55.6 Å². The summed E-state index contributed by atoms with van der Waals surface area (Å²) in [5, 5.41) is 0. The molecule has 1 amide bonds. The third kappa shape index (κ3) is 3.51. The molecule has 1 atom stereocenters. The van der Waals surface area contributed by atoms with E-state index in [1.54, 1.807) is 0 Å². The van der Waals surface area contributed by atoms with Crippen LogP contribution >= 0.6 is 0 Å². The number of carbonyl (C=O) groups is 1. The third-order valence-corrected chi connectivity index (χ3v) is 4.07. The van der Waals surface area contributed by atoms with E-state index in [4.69, 9.17) is 10.5 Å². The minimum absolute atomic E-state index is 0.184. The summed E-state index contributed by atoms with van der Waals surface area (Å²) in [5.74, 6) is 0.727. The minimum Gasteiger partial charge on any atom is -0.490 e. The zero-order valence-corrected chi connectivity index (χ0v) is 12.6. The van der Waals surface area contributed by atoms with E-state index in [1.165, 1.54) is 11.1 Å². The number of primary amides is 1. The number of piperidine rings is 1. The van der Waals surface area contributed by atoms with E-state index in [1.807, 2.05) is 6.92 Å². The number of rotatable bonds is 4. The maximum atomic E-state index is 11.2. The minimum atomic E-state index is -0.251. The fraction of sp³-hybridized carbons (Fsp3) is 0.562. The van der Waals surface area contributed by atoms with Gasteiger partial charge in [-0.3, -0.25) is 9.69 Å². The van der Waals surface area contributed by atoms with Crippen LogP contribution < -0.4 is 10.5 Å². The number of benzene rings is 1. The molecule has 1 heterocycles. The molecular weight excluding hydrogens is 252 g/mol. The van der Waals surface area contributed by atoms with Crippen LogP contribution in [0.5, 0.6) is 5.75 Å². The van der Waals surface area contributed by atoms with Crippen LogP contribution in [0.1, 0.15) is 30.9 Å². The molecule has 1 fully saturated rings. The van der Waals surface area contributed by atoms with Crippen molar-refractivity contribution in [2.45, 2.75) is 45.8 Å². The molecule has 2 N–H and O–H groups in total. The van der Waals surface area contributed by atoms with Crippen molar-refractivity contribution in [3.63, 3.8) is 0 Å². The SMILES string of the molecule is Cc1ccc(C)c(OC2CCN(C(C)C(N)=O)CC2)c1. The predicted molar refractivity (Wildman–Crippen MR) is 79.8 cm³/mol. The molecule has 1 aliphatic heterocycles. The number of hydrogen-bond acceptors (Lipinski definition) is 3. The number of likely N-dealkylation sites (tertiary alicyclic amines) is 1. The number of nitrogens with zero attached hydrogens (tertiary/aromatic N) is 1. The lowest BCUT2D eigenvalue weighted by Crippen LogP contribution is -2.48. The molecule has 1 aromatic rings. The maximum absolute atomic E-state index is 11.2. The van der Waals surface area contributed by atoms with Gasteiger partial charge in [0.05, 0.1) is 6.04 Å². The van der Waals surface area contributed by atoms with E-state index >= 15 is 0 Å². The molecule has 0 saturated carbocycles. The lowest BCUT2D eigenvalue weighted by atomic mass is 10.1. The first-order chi connectivity index (χ1) is 9.47. The van der Waals surface area contributed by atoms with Crippen LogP contribution in [0.3, 0.4) is 0 Å². The fourth-order valence-electron chi connectivity index (χ4n) is 2.57. The molecule has 4 nitrogen and oxygen atoms in total. The van der Waals surface area contributed by atoms with Gasteiger partial charge in [-0.2, -0.15) is 0 Å². The molecule has 0 aromatic heterocycles. The van der Waals surface area contributed by atoms with Gasteiger partial charge < -0.3 is 10.5 Å². The lowest BCUT2D eigenvalue weighted by molar-refractivity contribution is -0.123. The molecular formula is C16H24N2O2. The molecule has 4 heteroatoms. The van der Waals surface area contributed by atoms with Crippen molar-refractivity contribution in [1.82, 2.24) is 4.90 Å². The van der Waals surface area contributed by atoms with Crippen molar-refractivity contribution < 1.29 is 9.53 Å². The van der Waals surface area contributed by atoms with Gasteiger partial charge in [-0.25, -0.2) is 0 Å². The summed E-state index contributed by atoms with van der Waals surface area (Å²) in [6.45, 7) is 7.73. The van der Waals surface area contributed by atoms with Gasteiger partial charge in [0.1, 0.15) is 11.9 Å². The Morgan fingerprint density at radius 2 is 2.00 bits per heavy atom. The Labute approximate surface area is 120 Å². The Morgan fingerprint density at radius 1 is 1.35 bits per heavy atom. The highest BCUT2D eigenvalue weighted by Crippen LogP contribution is 2.24. The normalized spacial score (nSPS) is 18.8. The first-order valence-electron chi connectivity index (χ1n) is 7.24. The summed E-state index contributed by atoms with van der Waals surface area (Å²) < 4.78 is 6.11. The van der Waals surface area contributed by atoms with Gasteiger partial charge in [0, 0.05) is 13.1 Å². The van der Waals surface area contributed by atoms with Crippen molar-refractivity contribution in [2.24, 2.45) is 5.73 Å². The highest BCUT2D eigenvalue weighted by Gasteiger charge is 2.26. The van der Waals surface area contributed by atoms with Crippen LogP contribution in [-0.2, 0) is 4.79 Å². The number of nitrogens with two attached hydrogens (primary N) is 1. The van der Waals surface area contributed by atoms with Crippen molar-refractivity contribution in [1.29, 1.82) is 0 Å². The van der Waals surface area contributed by atoms with Crippen molar-refractivity contribution >= 4 is 5.91 Å². The van der Waals surface area contributed by atoms with Crippen LogP contribution in [0.4, 0.5) is 0 Å². The number of carbonyl (C=O) groups excluding carboxylic acids is 1. The molecule has 0 spiro atoms. The highest BCUT2D eigenvalue weighted by atomic mass is 16.5. The molecule has 1 unspecified atom stereocenters. The second-order valence-corrected chi connectivity index (χ2v) is 5.70. The van der Waals surface area contributed by atoms with Gasteiger partial charge in [0.15, 0.2) is 0 Å². The van der Waals surface area contributed by atoms with E-state index in [0.29, 0.717) is 0 Å². The number of aryl methyl sites for hydroxylation is 2. The summed E-state index contributed by atoms with van der Waals surface area (Å²) >= 11 is 0. The largest absolute Gasteiger partial charge is 0.490 e. The molecule has 0 radical (unpaired) electrons. The van der Waals surface area contributed by atoms with Crippen molar-refractivity contribution in [3.05, 3.63) is 29.3 Å². The number of hydrogen-bond donors (Lipinski definition) is 1. The standard InChI is InChI=1S/C16H24N2O2/c1-11-4-5-12(2)15(10-11)20-14-6-8-18(9-7-14)13(3)16(17)19/h4-5,10,13-14H,6-9H2,1-3H3,(H2,17,19). The first-order valence-corrected chi connectivity index (χ1v) is 7.24. The molecule has 0 aliphatic carbocycles. The van der Waals surface area contributed by atoms with E-state index in [2.05, 4.69) is 36.9 Å². The number of amides is 1. The Bertz CT molecular complexity index is 479. The van der Waals surface area contributed by atoms with Gasteiger partial charge >= 0.3 is 0 Å². The quantitative estimate of drug-likeness (QED) is 0.915. The van der Waals surface area contributed by atoms with Crippen LogP contribution in [0.2, 0.25) is 0 Å². The van der Waals surface area contributed by atoms with E-state index in [0.717, 1.165) is 31.7 Å². The Kier molecular flexibility index (Phi) is 4.65. The Balaban J connectivity index is 1.91. The molecule has 1 saturated heterocycles. The smallest absolute Gasteiger partial charge is 0.234 e. The molecule has 110 valence electrons.